The van der Waals surface area contributed by atoms with Crippen LogP contribution in [0.25, 0.3) is 11.0 Å². The van der Waals surface area contributed by atoms with Crippen molar-refractivity contribution in [2.24, 2.45) is 0 Å². The summed E-state index contributed by atoms with van der Waals surface area (Å²) in [7, 11) is 0. The van der Waals surface area contributed by atoms with E-state index in [0.29, 0.717) is 12.5 Å². The molecule has 0 aromatic carbocycles. The Hall–Kier alpha value is -1.13. The maximum Gasteiger partial charge on any atom is 0.111 e. The van der Waals surface area contributed by atoms with Crippen LogP contribution < -0.4 is 0 Å². The average Bonchev–Trinajstić information content (AvgIpc) is 2.74. The van der Waals surface area contributed by atoms with E-state index in [1.165, 1.54) is 0 Å². The third-order valence-electron chi connectivity index (χ3n) is 2.89. The molecule has 2 rings (SSSR count). The zero-order valence-corrected chi connectivity index (χ0v) is 11.5. The summed E-state index contributed by atoms with van der Waals surface area (Å²) < 4.78 is 7.71. The van der Waals surface area contributed by atoms with Gasteiger partial charge in [0.1, 0.15) is 11.3 Å². The summed E-state index contributed by atoms with van der Waals surface area (Å²) in [4.78, 5) is 8.70. The number of imidazole rings is 1. The number of halogens is 1. The number of aromatic nitrogens is 3. The monoisotopic (exact) mass is 267 g/mol. The number of alkyl halides is 1. The van der Waals surface area contributed by atoms with Gasteiger partial charge in [-0.2, -0.15) is 0 Å². The molecule has 0 saturated heterocycles. The molecule has 2 aromatic heterocycles. The minimum Gasteiger partial charge on any atom is -0.380 e. The normalized spacial score (nSPS) is 13.1. The summed E-state index contributed by atoms with van der Waals surface area (Å²) in [5, 5.41) is 0. The molecule has 1 unspecified atom stereocenters. The van der Waals surface area contributed by atoms with Crippen LogP contribution in [-0.4, -0.2) is 33.6 Å². The zero-order chi connectivity index (χ0) is 13.0. The Bertz CT molecular complexity index is 512. The molecule has 0 aliphatic carbocycles. The molecule has 0 saturated carbocycles. The van der Waals surface area contributed by atoms with E-state index in [1.807, 2.05) is 13.0 Å². The van der Waals surface area contributed by atoms with Crippen molar-refractivity contribution in [3.63, 3.8) is 0 Å². The van der Waals surface area contributed by atoms with E-state index in [-0.39, 0.29) is 6.04 Å². The van der Waals surface area contributed by atoms with Crippen molar-refractivity contribution in [3.05, 3.63) is 24.3 Å². The van der Waals surface area contributed by atoms with Crippen LogP contribution in [0.2, 0.25) is 0 Å². The van der Waals surface area contributed by atoms with Crippen LogP contribution >= 0.6 is 11.6 Å². The molecular weight excluding hydrogens is 250 g/mol. The molecule has 98 valence electrons. The highest BCUT2D eigenvalue weighted by Crippen LogP contribution is 2.21. The minimum absolute atomic E-state index is 0.246. The van der Waals surface area contributed by atoms with Gasteiger partial charge in [0, 0.05) is 25.1 Å². The first-order valence-electron chi connectivity index (χ1n) is 6.22. The Morgan fingerprint density at radius 2 is 2.33 bits per heavy atom. The van der Waals surface area contributed by atoms with E-state index in [2.05, 4.69) is 21.5 Å². The van der Waals surface area contributed by atoms with E-state index < -0.39 is 0 Å². The third-order valence-corrected chi connectivity index (χ3v) is 3.08. The molecule has 0 spiro atoms. The Morgan fingerprint density at radius 1 is 1.50 bits per heavy atom. The van der Waals surface area contributed by atoms with Crippen LogP contribution in [-0.2, 0) is 11.2 Å². The van der Waals surface area contributed by atoms with Gasteiger partial charge < -0.3 is 9.30 Å². The fraction of sp³-hybridized carbons (Fsp3) is 0.538. The van der Waals surface area contributed by atoms with Crippen molar-refractivity contribution in [1.82, 2.24) is 14.5 Å². The van der Waals surface area contributed by atoms with Gasteiger partial charge in [0.2, 0.25) is 0 Å². The standard InChI is InChI=1S/C13H18ClN3O/c1-3-18-9-10(2)17-12-5-7-15-8-11(12)16-13(17)4-6-14/h5,7-8,10H,3-4,6,9H2,1-2H3. The second kappa shape index (κ2) is 6.16. The van der Waals surface area contributed by atoms with Gasteiger partial charge >= 0.3 is 0 Å². The molecule has 0 fully saturated rings. The van der Waals surface area contributed by atoms with Crippen LogP contribution in [0.5, 0.6) is 0 Å². The van der Waals surface area contributed by atoms with Crippen molar-refractivity contribution in [2.75, 3.05) is 19.1 Å². The lowest BCUT2D eigenvalue weighted by Gasteiger charge is -2.17. The number of rotatable bonds is 6. The molecule has 0 bridgehead atoms. The van der Waals surface area contributed by atoms with Gasteiger partial charge in [-0.25, -0.2) is 4.98 Å². The van der Waals surface area contributed by atoms with Gasteiger partial charge in [0.25, 0.3) is 0 Å². The maximum absolute atomic E-state index is 5.84. The fourth-order valence-corrected chi connectivity index (χ4v) is 2.29. The molecule has 2 aromatic rings. The van der Waals surface area contributed by atoms with Gasteiger partial charge in [0.15, 0.2) is 0 Å². The summed E-state index contributed by atoms with van der Waals surface area (Å²) >= 11 is 5.84. The van der Waals surface area contributed by atoms with Crippen LogP contribution in [0.1, 0.15) is 25.7 Å². The molecule has 2 heterocycles. The third kappa shape index (κ3) is 2.65. The van der Waals surface area contributed by atoms with E-state index in [9.17, 15) is 0 Å². The smallest absolute Gasteiger partial charge is 0.111 e. The van der Waals surface area contributed by atoms with Crippen molar-refractivity contribution >= 4 is 22.6 Å². The van der Waals surface area contributed by atoms with Crippen LogP contribution in [0.4, 0.5) is 0 Å². The topological polar surface area (TPSA) is 39.9 Å². The SMILES string of the molecule is CCOCC(C)n1c(CCCl)nc2cnccc21. The van der Waals surface area contributed by atoms with E-state index in [4.69, 9.17) is 16.3 Å². The average molecular weight is 268 g/mol. The van der Waals surface area contributed by atoms with Gasteiger partial charge in [-0.05, 0) is 19.9 Å². The number of ether oxygens (including phenoxy) is 1. The summed E-state index contributed by atoms with van der Waals surface area (Å²) in [5.41, 5.74) is 2.01. The number of fused-ring (bicyclic) bond motifs is 1. The van der Waals surface area contributed by atoms with Crippen molar-refractivity contribution in [1.29, 1.82) is 0 Å². The van der Waals surface area contributed by atoms with Gasteiger partial charge in [0.05, 0.1) is 24.4 Å². The summed E-state index contributed by atoms with van der Waals surface area (Å²) in [5.74, 6) is 1.57. The highest BCUT2D eigenvalue weighted by Gasteiger charge is 2.15. The number of nitrogens with zero attached hydrogens (tertiary/aromatic N) is 3. The Balaban J connectivity index is 2.40. The number of hydrogen-bond acceptors (Lipinski definition) is 3. The molecule has 18 heavy (non-hydrogen) atoms. The molecule has 5 heteroatoms. The lowest BCUT2D eigenvalue weighted by atomic mass is 10.3. The zero-order valence-electron chi connectivity index (χ0n) is 10.8. The Morgan fingerprint density at radius 3 is 3.06 bits per heavy atom. The van der Waals surface area contributed by atoms with Crippen LogP contribution in [0, 0.1) is 0 Å². The second-order valence-electron chi connectivity index (χ2n) is 4.21. The van der Waals surface area contributed by atoms with Gasteiger partial charge in [-0.3, -0.25) is 4.98 Å². The molecule has 4 nitrogen and oxygen atoms in total. The van der Waals surface area contributed by atoms with Crippen molar-refractivity contribution < 1.29 is 4.74 Å². The molecule has 0 aliphatic rings. The fourth-order valence-electron chi connectivity index (χ4n) is 2.12. The summed E-state index contributed by atoms with van der Waals surface area (Å²) in [6.07, 6.45) is 4.34. The number of aryl methyl sites for hydroxylation is 1. The predicted octanol–water partition coefficient (Wildman–Crippen LogP) is 2.81. The van der Waals surface area contributed by atoms with Crippen molar-refractivity contribution in [3.8, 4) is 0 Å². The largest absolute Gasteiger partial charge is 0.380 e. The highest BCUT2D eigenvalue weighted by atomic mass is 35.5. The first-order valence-corrected chi connectivity index (χ1v) is 6.76. The quantitative estimate of drug-likeness (QED) is 0.756. The Kier molecular flexibility index (Phi) is 4.55. The lowest BCUT2D eigenvalue weighted by molar-refractivity contribution is 0.119. The first kappa shape index (κ1) is 13.3. The predicted molar refractivity (Wildman–Crippen MR) is 73.2 cm³/mol. The second-order valence-corrected chi connectivity index (χ2v) is 4.59. The molecular formula is C13H18ClN3O. The Labute approximate surface area is 112 Å². The van der Waals surface area contributed by atoms with Crippen LogP contribution in [0.3, 0.4) is 0 Å². The first-order chi connectivity index (χ1) is 8.77. The summed E-state index contributed by atoms with van der Waals surface area (Å²) in [6, 6.07) is 2.23. The van der Waals surface area contributed by atoms with E-state index in [0.717, 1.165) is 29.9 Å². The summed E-state index contributed by atoms with van der Waals surface area (Å²) in [6.45, 7) is 5.54. The van der Waals surface area contributed by atoms with Gasteiger partial charge in [-0.1, -0.05) is 0 Å². The van der Waals surface area contributed by atoms with E-state index >= 15 is 0 Å². The minimum atomic E-state index is 0.246. The maximum atomic E-state index is 5.84. The van der Waals surface area contributed by atoms with Gasteiger partial charge in [-0.15, -0.1) is 11.6 Å². The molecule has 0 amide bonds. The molecule has 1 atom stereocenters. The molecule has 0 aliphatic heterocycles. The van der Waals surface area contributed by atoms with Crippen molar-refractivity contribution in [2.45, 2.75) is 26.3 Å². The molecule has 0 N–H and O–H groups in total. The number of hydrogen-bond donors (Lipinski definition) is 0. The number of pyridine rings is 1. The highest BCUT2D eigenvalue weighted by molar-refractivity contribution is 6.17. The lowest BCUT2D eigenvalue weighted by Crippen LogP contribution is -2.15. The molecule has 0 radical (unpaired) electrons. The van der Waals surface area contributed by atoms with E-state index in [1.54, 1.807) is 12.4 Å². The van der Waals surface area contributed by atoms with Crippen LogP contribution in [0.15, 0.2) is 18.5 Å².